The number of nitrogens with zero attached hydrogens (tertiary/aromatic N) is 1. The Balaban J connectivity index is 1.40. The zero-order valence-corrected chi connectivity index (χ0v) is 15.7. The maximum Gasteiger partial charge on any atom is 0.280 e. The van der Waals surface area contributed by atoms with Crippen LogP contribution in [-0.2, 0) is 0 Å². The van der Waals surface area contributed by atoms with Crippen molar-refractivity contribution in [3.05, 3.63) is 70.5 Å². The molecule has 0 aliphatic heterocycles. The Labute approximate surface area is 166 Å². The SMILES string of the molecule is O=C(NO)c1ccc(OCCCNC(=O)c2nc(-c3ccccc3)cs2)cc1. The molecule has 3 N–H and O–H groups in total. The highest BCUT2D eigenvalue weighted by atomic mass is 32.1. The lowest BCUT2D eigenvalue weighted by Crippen LogP contribution is -2.25. The van der Waals surface area contributed by atoms with Crippen molar-refractivity contribution in [3.63, 3.8) is 0 Å². The summed E-state index contributed by atoms with van der Waals surface area (Å²) in [6.45, 7) is 0.878. The smallest absolute Gasteiger partial charge is 0.280 e. The number of thiazole rings is 1. The molecule has 7 nitrogen and oxygen atoms in total. The molecule has 8 heteroatoms. The number of hydrogen-bond acceptors (Lipinski definition) is 6. The number of hydrogen-bond donors (Lipinski definition) is 3. The minimum Gasteiger partial charge on any atom is -0.494 e. The Morgan fingerprint density at radius 2 is 1.79 bits per heavy atom. The molecule has 1 aromatic heterocycles. The van der Waals surface area contributed by atoms with Crippen molar-refractivity contribution in [2.45, 2.75) is 6.42 Å². The summed E-state index contributed by atoms with van der Waals surface area (Å²) in [5.74, 6) is -0.174. The Bertz CT molecular complexity index is 926. The predicted molar refractivity (Wildman–Crippen MR) is 106 cm³/mol. The standard InChI is InChI=1S/C20H19N3O4S/c24-18(23-26)15-7-9-16(10-8-15)27-12-4-11-21-19(25)20-22-17(13-28-20)14-5-2-1-3-6-14/h1-3,5-10,13,26H,4,11-12H2,(H,21,25)(H,23,24). The summed E-state index contributed by atoms with van der Waals surface area (Å²) in [5.41, 5.74) is 3.67. The van der Waals surface area contributed by atoms with E-state index in [0.29, 0.717) is 35.9 Å². The van der Waals surface area contributed by atoms with Gasteiger partial charge in [0.1, 0.15) is 5.75 Å². The van der Waals surface area contributed by atoms with E-state index in [1.165, 1.54) is 11.3 Å². The minimum atomic E-state index is -0.577. The van der Waals surface area contributed by atoms with E-state index in [-0.39, 0.29) is 5.91 Å². The second-order valence-corrected chi connectivity index (χ2v) is 6.69. The van der Waals surface area contributed by atoms with Gasteiger partial charge in [-0.2, -0.15) is 0 Å². The van der Waals surface area contributed by atoms with Crippen molar-refractivity contribution >= 4 is 23.2 Å². The van der Waals surface area contributed by atoms with Crippen LogP contribution in [0.2, 0.25) is 0 Å². The molecule has 3 aromatic rings. The van der Waals surface area contributed by atoms with Crippen molar-refractivity contribution in [1.82, 2.24) is 15.8 Å². The topological polar surface area (TPSA) is 101 Å². The zero-order valence-electron chi connectivity index (χ0n) is 14.9. The summed E-state index contributed by atoms with van der Waals surface area (Å²) in [7, 11) is 0. The lowest BCUT2D eigenvalue weighted by molar-refractivity contribution is 0.0706. The third kappa shape index (κ3) is 5.15. The van der Waals surface area contributed by atoms with E-state index in [9.17, 15) is 9.59 Å². The monoisotopic (exact) mass is 397 g/mol. The van der Waals surface area contributed by atoms with Gasteiger partial charge in [-0.25, -0.2) is 10.5 Å². The van der Waals surface area contributed by atoms with Crippen LogP contribution in [0.25, 0.3) is 11.3 Å². The molecule has 2 amide bonds. The van der Waals surface area contributed by atoms with Crippen LogP contribution in [0, 0.1) is 0 Å². The zero-order chi connectivity index (χ0) is 19.8. The van der Waals surface area contributed by atoms with Crippen LogP contribution in [0.4, 0.5) is 0 Å². The summed E-state index contributed by atoms with van der Waals surface area (Å²) < 4.78 is 5.57. The third-order valence-corrected chi connectivity index (χ3v) is 4.70. The normalized spacial score (nSPS) is 10.3. The quantitative estimate of drug-likeness (QED) is 0.308. The van der Waals surface area contributed by atoms with Gasteiger partial charge < -0.3 is 10.1 Å². The van der Waals surface area contributed by atoms with Crippen LogP contribution >= 0.6 is 11.3 Å². The average molecular weight is 397 g/mol. The molecular weight excluding hydrogens is 378 g/mol. The summed E-state index contributed by atoms with van der Waals surface area (Å²) in [6.07, 6.45) is 0.627. The highest BCUT2D eigenvalue weighted by Crippen LogP contribution is 2.21. The molecule has 0 aliphatic rings. The van der Waals surface area contributed by atoms with E-state index >= 15 is 0 Å². The van der Waals surface area contributed by atoms with Gasteiger partial charge in [-0.1, -0.05) is 30.3 Å². The lowest BCUT2D eigenvalue weighted by atomic mass is 10.2. The number of carbonyl (C=O) groups excluding carboxylic acids is 2. The third-order valence-electron chi connectivity index (χ3n) is 3.86. The fraction of sp³-hybridized carbons (Fsp3) is 0.150. The second kappa shape index (κ2) is 9.63. The maximum atomic E-state index is 12.2. The molecule has 0 radical (unpaired) electrons. The van der Waals surface area contributed by atoms with Crippen LogP contribution < -0.4 is 15.5 Å². The van der Waals surface area contributed by atoms with E-state index in [1.807, 2.05) is 35.7 Å². The number of hydroxylamine groups is 1. The Kier molecular flexibility index (Phi) is 6.72. The first kappa shape index (κ1) is 19.5. The first-order valence-electron chi connectivity index (χ1n) is 8.64. The maximum absolute atomic E-state index is 12.2. The predicted octanol–water partition coefficient (Wildman–Crippen LogP) is 3.13. The van der Waals surface area contributed by atoms with Crippen molar-refractivity contribution in [2.75, 3.05) is 13.2 Å². The molecule has 2 aromatic carbocycles. The Hall–Kier alpha value is -3.23. The van der Waals surface area contributed by atoms with Crippen LogP contribution in [0.5, 0.6) is 5.75 Å². The number of amides is 2. The molecule has 0 unspecified atom stereocenters. The largest absolute Gasteiger partial charge is 0.494 e. The molecule has 0 atom stereocenters. The van der Waals surface area contributed by atoms with Crippen molar-refractivity contribution in [1.29, 1.82) is 0 Å². The minimum absolute atomic E-state index is 0.202. The highest BCUT2D eigenvalue weighted by Gasteiger charge is 2.11. The van der Waals surface area contributed by atoms with E-state index in [0.717, 1.165) is 11.3 Å². The molecule has 144 valence electrons. The first-order chi connectivity index (χ1) is 13.7. The number of rotatable bonds is 8. The van der Waals surface area contributed by atoms with Gasteiger partial charge in [0.25, 0.3) is 11.8 Å². The van der Waals surface area contributed by atoms with Crippen LogP contribution in [0.3, 0.4) is 0 Å². The van der Waals surface area contributed by atoms with E-state index in [1.54, 1.807) is 29.7 Å². The summed E-state index contributed by atoms with van der Waals surface area (Å²) in [5, 5.41) is 13.7. The molecule has 0 aliphatic carbocycles. The van der Waals surface area contributed by atoms with Crippen LogP contribution in [-0.4, -0.2) is 35.2 Å². The molecule has 3 rings (SSSR count). The van der Waals surface area contributed by atoms with Crippen molar-refractivity contribution in [3.8, 4) is 17.0 Å². The van der Waals surface area contributed by atoms with E-state index < -0.39 is 5.91 Å². The molecule has 0 bridgehead atoms. The molecule has 28 heavy (non-hydrogen) atoms. The average Bonchev–Trinajstić information content (AvgIpc) is 3.24. The van der Waals surface area contributed by atoms with Gasteiger partial charge in [-0.05, 0) is 30.7 Å². The second-order valence-electron chi connectivity index (χ2n) is 5.83. The summed E-state index contributed by atoms with van der Waals surface area (Å²) in [4.78, 5) is 27.8. The Morgan fingerprint density at radius 3 is 2.50 bits per heavy atom. The highest BCUT2D eigenvalue weighted by molar-refractivity contribution is 7.12. The summed E-state index contributed by atoms with van der Waals surface area (Å²) in [6, 6.07) is 16.1. The molecule has 0 saturated carbocycles. The molecule has 0 saturated heterocycles. The van der Waals surface area contributed by atoms with Crippen LogP contribution in [0.15, 0.2) is 60.0 Å². The van der Waals surface area contributed by atoms with Gasteiger partial charge in [0.15, 0.2) is 5.01 Å². The van der Waals surface area contributed by atoms with Crippen LogP contribution in [0.1, 0.15) is 26.6 Å². The van der Waals surface area contributed by atoms with Gasteiger partial charge in [-0.3, -0.25) is 14.8 Å². The van der Waals surface area contributed by atoms with Gasteiger partial charge in [-0.15, -0.1) is 11.3 Å². The number of nitrogens with one attached hydrogen (secondary N) is 2. The van der Waals surface area contributed by atoms with Gasteiger partial charge in [0.05, 0.1) is 12.3 Å². The molecule has 1 heterocycles. The fourth-order valence-electron chi connectivity index (χ4n) is 2.43. The number of aromatic nitrogens is 1. The van der Waals surface area contributed by atoms with Crippen molar-refractivity contribution in [2.24, 2.45) is 0 Å². The number of carbonyl (C=O) groups is 2. The lowest BCUT2D eigenvalue weighted by Gasteiger charge is -2.07. The summed E-state index contributed by atoms with van der Waals surface area (Å²) >= 11 is 1.31. The van der Waals surface area contributed by atoms with E-state index in [2.05, 4.69) is 10.3 Å². The number of benzene rings is 2. The fourth-order valence-corrected chi connectivity index (χ4v) is 3.17. The van der Waals surface area contributed by atoms with Crippen molar-refractivity contribution < 1.29 is 19.5 Å². The molecule has 0 spiro atoms. The van der Waals surface area contributed by atoms with Gasteiger partial charge in [0, 0.05) is 23.1 Å². The molecular formula is C20H19N3O4S. The van der Waals surface area contributed by atoms with E-state index in [4.69, 9.17) is 9.94 Å². The van der Waals surface area contributed by atoms with Gasteiger partial charge in [0.2, 0.25) is 0 Å². The first-order valence-corrected chi connectivity index (χ1v) is 9.52. The Morgan fingerprint density at radius 1 is 1.04 bits per heavy atom. The molecule has 0 fully saturated rings. The van der Waals surface area contributed by atoms with Gasteiger partial charge >= 0.3 is 0 Å². The number of ether oxygens (including phenoxy) is 1.